The number of amides is 3. The van der Waals surface area contributed by atoms with Crippen LogP contribution in [-0.4, -0.2) is 24.5 Å². The highest BCUT2D eigenvalue weighted by atomic mass is 19.1. The second-order valence-electron chi connectivity index (χ2n) is 5.30. The Morgan fingerprint density at radius 2 is 2.00 bits per heavy atom. The lowest BCUT2D eigenvalue weighted by Gasteiger charge is -2.14. The Kier molecular flexibility index (Phi) is 4.23. The van der Waals surface area contributed by atoms with Crippen LogP contribution in [0.25, 0.3) is 0 Å². The molecule has 3 rings (SSSR count). The maximum Gasteiger partial charge on any atom is 0.322 e. The highest BCUT2D eigenvalue weighted by Crippen LogP contribution is 2.17. The summed E-state index contributed by atoms with van der Waals surface area (Å²) in [6.45, 7) is 0.478. The Bertz CT molecular complexity index is 721. The van der Waals surface area contributed by atoms with Gasteiger partial charge in [0.2, 0.25) is 5.91 Å². The summed E-state index contributed by atoms with van der Waals surface area (Å²) < 4.78 is 13.1. The van der Waals surface area contributed by atoms with Gasteiger partial charge in [-0.15, -0.1) is 0 Å². The average Bonchev–Trinajstić information content (AvgIpc) is 2.95. The fourth-order valence-electron chi connectivity index (χ4n) is 2.48. The van der Waals surface area contributed by atoms with E-state index in [1.807, 2.05) is 30.3 Å². The molecule has 1 aliphatic rings. The standard InChI is InChI=1S/C17H16FN3O2/c18-13-6-4-5-12(9-13)10-19-16(22)15-11-21(17(23)20-15)14-7-2-1-3-8-14/h1-9,15H,10-11H2,(H,19,22)(H,20,23). The predicted molar refractivity (Wildman–Crippen MR) is 84.4 cm³/mol. The summed E-state index contributed by atoms with van der Waals surface area (Å²) >= 11 is 0. The first-order chi connectivity index (χ1) is 11.1. The summed E-state index contributed by atoms with van der Waals surface area (Å²) in [6, 6.07) is 14.3. The van der Waals surface area contributed by atoms with E-state index in [9.17, 15) is 14.0 Å². The van der Waals surface area contributed by atoms with Gasteiger partial charge in [-0.05, 0) is 29.8 Å². The number of para-hydroxylation sites is 1. The largest absolute Gasteiger partial charge is 0.350 e. The molecule has 118 valence electrons. The molecular formula is C17H16FN3O2. The molecule has 1 atom stereocenters. The third-order valence-electron chi connectivity index (χ3n) is 3.65. The lowest BCUT2D eigenvalue weighted by atomic mass is 10.2. The first kappa shape index (κ1) is 15.0. The van der Waals surface area contributed by atoms with Crippen molar-refractivity contribution in [2.24, 2.45) is 0 Å². The molecule has 5 nitrogen and oxygen atoms in total. The normalized spacial score (nSPS) is 17.0. The molecule has 2 N–H and O–H groups in total. The van der Waals surface area contributed by atoms with Crippen molar-refractivity contribution in [1.29, 1.82) is 0 Å². The van der Waals surface area contributed by atoms with E-state index in [1.165, 1.54) is 17.0 Å². The third-order valence-corrected chi connectivity index (χ3v) is 3.65. The van der Waals surface area contributed by atoms with E-state index in [1.54, 1.807) is 12.1 Å². The second kappa shape index (κ2) is 6.48. The number of anilines is 1. The number of nitrogens with zero attached hydrogens (tertiary/aromatic N) is 1. The van der Waals surface area contributed by atoms with Gasteiger partial charge in [-0.2, -0.15) is 0 Å². The molecule has 0 saturated carbocycles. The molecule has 1 saturated heterocycles. The van der Waals surface area contributed by atoms with Crippen molar-refractivity contribution in [3.8, 4) is 0 Å². The number of carbonyl (C=O) groups is 2. The summed E-state index contributed by atoms with van der Waals surface area (Å²) in [5.41, 5.74) is 1.41. The summed E-state index contributed by atoms with van der Waals surface area (Å²) in [5, 5.41) is 5.36. The van der Waals surface area contributed by atoms with Crippen LogP contribution < -0.4 is 15.5 Å². The Morgan fingerprint density at radius 3 is 2.74 bits per heavy atom. The van der Waals surface area contributed by atoms with Gasteiger partial charge in [-0.1, -0.05) is 30.3 Å². The van der Waals surface area contributed by atoms with Crippen LogP contribution in [0, 0.1) is 5.82 Å². The monoisotopic (exact) mass is 313 g/mol. The van der Waals surface area contributed by atoms with E-state index in [-0.39, 0.29) is 30.8 Å². The molecule has 2 aromatic rings. The molecular weight excluding hydrogens is 297 g/mol. The lowest BCUT2D eigenvalue weighted by Crippen LogP contribution is -2.42. The summed E-state index contributed by atoms with van der Waals surface area (Å²) in [7, 11) is 0. The summed E-state index contributed by atoms with van der Waals surface area (Å²) in [4.78, 5) is 25.7. The van der Waals surface area contributed by atoms with Crippen LogP contribution >= 0.6 is 0 Å². The van der Waals surface area contributed by atoms with Gasteiger partial charge < -0.3 is 10.6 Å². The van der Waals surface area contributed by atoms with Crippen molar-refractivity contribution in [1.82, 2.24) is 10.6 Å². The lowest BCUT2D eigenvalue weighted by molar-refractivity contribution is -0.122. The van der Waals surface area contributed by atoms with Crippen LogP contribution in [-0.2, 0) is 11.3 Å². The number of carbonyl (C=O) groups excluding carboxylic acids is 2. The molecule has 0 radical (unpaired) electrons. The van der Waals surface area contributed by atoms with Gasteiger partial charge in [0, 0.05) is 12.2 Å². The second-order valence-corrected chi connectivity index (χ2v) is 5.30. The number of benzene rings is 2. The van der Waals surface area contributed by atoms with Crippen LogP contribution in [0.5, 0.6) is 0 Å². The Balaban J connectivity index is 1.60. The van der Waals surface area contributed by atoms with E-state index in [0.29, 0.717) is 5.56 Å². The minimum atomic E-state index is -0.628. The van der Waals surface area contributed by atoms with Crippen molar-refractivity contribution in [2.45, 2.75) is 12.6 Å². The SMILES string of the molecule is O=C(NCc1cccc(F)c1)C1CN(c2ccccc2)C(=O)N1. The zero-order chi connectivity index (χ0) is 16.2. The number of hydrogen-bond donors (Lipinski definition) is 2. The zero-order valence-electron chi connectivity index (χ0n) is 12.3. The van der Waals surface area contributed by atoms with Gasteiger partial charge in [-0.3, -0.25) is 9.69 Å². The minimum absolute atomic E-state index is 0.217. The zero-order valence-corrected chi connectivity index (χ0v) is 12.3. The molecule has 6 heteroatoms. The molecule has 2 aromatic carbocycles. The van der Waals surface area contributed by atoms with Crippen molar-refractivity contribution in [2.75, 3.05) is 11.4 Å². The highest BCUT2D eigenvalue weighted by Gasteiger charge is 2.34. The van der Waals surface area contributed by atoms with Gasteiger partial charge in [0.05, 0.1) is 6.54 Å². The first-order valence-corrected chi connectivity index (χ1v) is 7.29. The predicted octanol–water partition coefficient (Wildman–Crippen LogP) is 2.04. The molecule has 23 heavy (non-hydrogen) atoms. The maximum absolute atomic E-state index is 13.1. The number of halogens is 1. The maximum atomic E-state index is 13.1. The third kappa shape index (κ3) is 3.48. The van der Waals surface area contributed by atoms with Gasteiger partial charge in [0.25, 0.3) is 0 Å². The van der Waals surface area contributed by atoms with Gasteiger partial charge in [-0.25, -0.2) is 9.18 Å². The number of hydrogen-bond acceptors (Lipinski definition) is 2. The summed E-state index contributed by atoms with van der Waals surface area (Å²) in [5.74, 6) is -0.637. The van der Waals surface area contributed by atoms with Crippen molar-refractivity contribution < 1.29 is 14.0 Å². The van der Waals surface area contributed by atoms with E-state index >= 15 is 0 Å². The van der Waals surface area contributed by atoms with Crippen LogP contribution in [0.4, 0.5) is 14.9 Å². The Hall–Kier alpha value is -2.89. The smallest absolute Gasteiger partial charge is 0.322 e. The molecule has 1 fully saturated rings. The Morgan fingerprint density at radius 1 is 1.22 bits per heavy atom. The molecule has 0 bridgehead atoms. The molecule has 1 heterocycles. The molecule has 0 aromatic heterocycles. The Labute approximate surface area is 133 Å². The fourth-order valence-corrected chi connectivity index (χ4v) is 2.48. The number of urea groups is 1. The highest BCUT2D eigenvalue weighted by molar-refractivity contribution is 6.00. The molecule has 1 unspecified atom stereocenters. The topological polar surface area (TPSA) is 61.4 Å². The van der Waals surface area contributed by atoms with Gasteiger partial charge >= 0.3 is 6.03 Å². The minimum Gasteiger partial charge on any atom is -0.350 e. The number of nitrogens with one attached hydrogen (secondary N) is 2. The molecule has 1 aliphatic heterocycles. The van der Waals surface area contributed by atoms with Crippen LogP contribution in [0.1, 0.15) is 5.56 Å². The average molecular weight is 313 g/mol. The van der Waals surface area contributed by atoms with Crippen LogP contribution in [0.3, 0.4) is 0 Å². The van der Waals surface area contributed by atoms with E-state index in [2.05, 4.69) is 10.6 Å². The van der Waals surface area contributed by atoms with Crippen LogP contribution in [0.15, 0.2) is 54.6 Å². The quantitative estimate of drug-likeness (QED) is 0.907. The number of rotatable bonds is 4. The summed E-state index contributed by atoms with van der Waals surface area (Å²) in [6.07, 6.45) is 0. The van der Waals surface area contributed by atoms with E-state index < -0.39 is 6.04 Å². The van der Waals surface area contributed by atoms with E-state index in [0.717, 1.165) is 5.69 Å². The molecule has 3 amide bonds. The molecule has 0 aliphatic carbocycles. The van der Waals surface area contributed by atoms with Crippen molar-refractivity contribution >= 4 is 17.6 Å². The van der Waals surface area contributed by atoms with E-state index in [4.69, 9.17) is 0 Å². The first-order valence-electron chi connectivity index (χ1n) is 7.29. The van der Waals surface area contributed by atoms with Crippen molar-refractivity contribution in [3.63, 3.8) is 0 Å². The van der Waals surface area contributed by atoms with Gasteiger partial charge in [0.1, 0.15) is 11.9 Å². The van der Waals surface area contributed by atoms with Crippen LogP contribution in [0.2, 0.25) is 0 Å². The fraction of sp³-hybridized carbons (Fsp3) is 0.176. The molecule has 0 spiro atoms. The van der Waals surface area contributed by atoms with Gasteiger partial charge in [0.15, 0.2) is 0 Å². The van der Waals surface area contributed by atoms with Crippen molar-refractivity contribution in [3.05, 3.63) is 66.0 Å².